The minimum Gasteiger partial charge on any atom is -0.376 e. The van der Waals surface area contributed by atoms with E-state index in [-0.39, 0.29) is 0 Å². The number of hydrogen-bond donors (Lipinski definition) is 0. The van der Waals surface area contributed by atoms with Crippen LogP contribution in [0, 0.1) is 0 Å². The van der Waals surface area contributed by atoms with Gasteiger partial charge >= 0.3 is 0 Å². The van der Waals surface area contributed by atoms with Crippen LogP contribution in [0.3, 0.4) is 0 Å². The lowest BCUT2D eigenvalue weighted by molar-refractivity contribution is 0.176. The SMILES string of the molecule is C=C/C=C(\C=C)COCCBr. The van der Waals surface area contributed by atoms with Crippen LogP contribution in [0.5, 0.6) is 0 Å². The Labute approximate surface area is 76.6 Å². The third-order valence-corrected chi connectivity index (χ3v) is 1.41. The molecule has 0 atom stereocenters. The molecule has 0 radical (unpaired) electrons. The molecule has 0 spiro atoms. The van der Waals surface area contributed by atoms with Crippen LogP contribution in [-0.2, 0) is 4.74 Å². The van der Waals surface area contributed by atoms with Crippen LogP contribution in [0.15, 0.2) is 37.0 Å². The molecule has 0 unspecified atom stereocenters. The molecule has 0 aromatic carbocycles. The quantitative estimate of drug-likeness (QED) is 0.377. The zero-order valence-corrected chi connectivity index (χ0v) is 8.14. The van der Waals surface area contributed by atoms with Gasteiger partial charge in [0.2, 0.25) is 0 Å². The summed E-state index contributed by atoms with van der Waals surface area (Å²) in [7, 11) is 0. The smallest absolute Gasteiger partial charge is 0.0717 e. The van der Waals surface area contributed by atoms with Crippen LogP contribution >= 0.6 is 15.9 Å². The van der Waals surface area contributed by atoms with Crippen molar-refractivity contribution >= 4 is 15.9 Å². The number of hydrogen-bond acceptors (Lipinski definition) is 1. The summed E-state index contributed by atoms with van der Waals surface area (Å²) in [5, 5.41) is 0.867. The van der Waals surface area contributed by atoms with Crippen molar-refractivity contribution in [3.05, 3.63) is 37.0 Å². The Bertz CT molecular complexity index is 150. The summed E-state index contributed by atoms with van der Waals surface area (Å²) in [6, 6.07) is 0. The van der Waals surface area contributed by atoms with Crippen molar-refractivity contribution in [2.75, 3.05) is 18.5 Å². The number of rotatable bonds is 6. The fourth-order valence-corrected chi connectivity index (χ4v) is 0.800. The fourth-order valence-electron chi connectivity index (χ4n) is 0.571. The molecule has 0 heterocycles. The maximum absolute atomic E-state index is 5.25. The van der Waals surface area contributed by atoms with Crippen LogP contribution < -0.4 is 0 Å². The number of ether oxygens (including phenoxy) is 1. The van der Waals surface area contributed by atoms with Crippen molar-refractivity contribution in [2.24, 2.45) is 0 Å². The average Bonchev–Trinajstić information content (AvgIpc) is 2.03. The van der Waals surface area contributed by atoms with Crippen molar-refractivity contribution in [3.8, 4) is 0 Å². The lowest BCUT2D eigenvalue weighted by Crippen LogP contribution is -1.98. The molecular weight excluding hydrogens is 204 g/mol. The van der Waals surface area contributed by atoms with Gasteiger partial charge in [0, 0.05) is 5.33 Å². The van der Waals surface area contributed by atoms with Gasteiger partial charge in [-0.05, 0) is 5.57 Å². The van der Waals surface area contributed by atoms with Crippen molar-refractivity contribution in [1.82, 2.24) is 0 Å². The van der Waals surface area contributed by atoms with E-state index in [1.807, 2.05) is 6.08 Å². The van der Waals surface area contributed by atoms with Crippen LogP contribution in [0.2, 0.25) is 0 Å². The monoisotopic (exact) mass is 216 g/mol. The largest absolute Gasteiger partial charge is 0.376 e. The van der Waals surface area contributed by atoms with E-state index in [1.165, 1.54) is 0 Å². The van der Waals surface area contributed by atoms with Gasteiger partial charge in [-0.15, -0.1) is 0 Å². The van der Waals surface area contributed by atoms with E-state index in [9.17, 15) is 0 Å². The van der Waals surface area contributed by atoms with Crippen molar-refractivity contribution in [3.63, 3.8) is 0 Å². The van der Waals surface area contributed by atoms with Gasteiger partial charge in [0.05, 0.1) is 13.2 Å². The third-order valence-electron chi connectivity index (χ3n) is 1.08. The Morgan fingerprint density at radius 3 is 2.64 bits per heavy atom. The first kappa shape index (κ1) is 10.7. The van der Waals surface area contributed by atoms with Gasteiger partial charge in [0.25, 0.3) is 0 Å². The maximum atomic E-state index is 5.25. The topological polar surface area (TPSA) is 9.23 Å². The minimum absolute atomic E-state index is 0.612. The molecule has 1 nitrogen and oxygen atoms in total. The summed E-state index contributed by atoms with van der Waals surface area (Å²) in [5.41, 5.74) is 1.06. The summed E-state index contributed by atoms with van der Waals surface area (Å²) in [6.07, 6.45) is 5.39. The molecule has 0 fully saturated rings. The third kappa shape index (κ3) is 6.07. The summed E-state index contributed by atoms with van der Waals surface area (Å²) >= 11 is 3.27. The molecular formula is C9H13BrO. The summed E-state index contributed by atoms with van der Waals surface area (Å²) in [5.74, 6) is 0. The molecule has 0 rings (SSSR count). The zero-order valence-electron chi connectivity index (χ0n) is 6.55. The maximum Gasteiger partial charge on any atom is 0.0717 e. The van der Waals surface area contributed by atoms with Gasteiger partial charge in [0.1, 0.15) is 0 Å². The second-order valence-electron chi connectivity index (χ2n) is 1.92. The first-order valence-electron chi connectivity index (χ1n) is 3.43. The molecule has 0 saturated heterocycles. The van der Waals surface area contributed by atoms with E-state index in [1.54, 1.807) is 12.2 Å². The average molecular weight is 217 g/mol. The molecule has 0 aliphatic heterocycles. The Kier molecular flexibility index (Phi) is 7.52. The Balaban J connectivity index is 3.60. The van der Waals surface area contributed by atoms with E-state index >= 15 is 0 Å². The van der Waals surface area contributed by atoms with Gasteiger partial charge in [-0.1, -0.05) is 47.3 Å². The molecule has 2 heteroatoms. The Morgan fingerprint density at radius 2 is 2.18 bits per heavy atom. The van der Waals surface area contributed by atoms with E-state index in [2.05, 4.69) is 29.1 Å². The van der Waals surface area contributed by atoms with E-state index in [4.69, 9.17) is 4.74 Å². The van der Waals surface area contributed by atoms with Crippen LogP contribution in [0.25, 0.3) is 0 Å². The lowest BCUT2D eigenvalue weighted by Gasteiger charge is -2.00. The number of halogens is 1. The number of allylic oxidation sites excluding steroid dienone is 2. The van der Waals surface area contributed by atoms with Gasteiger partial charge < -0.3 is 4.74 Å². The van der Waals surface area contributed by atoms with Crippen LogP contribution in [0.4, 0.5) is 0 Å². The van der Waals surface area contributed by atoms with Crippen LogP contribution in [-0.4, -0.2) is 18.5 Å². The molecule has 0 aromatic heterocycles. The molecule has 0 aromatic rings. The van der Waals surface area contributed by atoms with E-state index < -0.39 is 0 Å². The molecule has 0 aliphatic rings. The molecule has 62 valence electrons. The van der Waals surface area contributed by atoms with Gasteiger partial charge in [-0.25, -0.2) is 0 Å². The Morgan fingerprint density at radius 1 is 1.45 bits per heavy atom. The highest BCUT2D eigenvalue weighted by Gasteiger charge is 1.89. The van der Waals surface area contributed by atoms with Gasteiger partial charge in [0.15, 0.2) is 0 Å². The van der Waals surface area contributed by atoms with Crippen molar-refractivity contribution in [1.29, 1.82) is 0 Å². The highest BCUT2D eigenvalue weighted by Crippen LogP contribution is 1.97. The van der Waals surface area contributed by atoms with E-state index in [0.717, 1.165) is 17.5 Å². The van der Waals surface area contributed by atoms with Crippen LogP contribution in [0.1, 0.15) is 0 Å². The summed E-state index contributed by atoms with van der Waals surface area (Å²) in [6.45, 7) is 8.58. The summed E-state index contributed by atoms with van der Waals surface area (Å²) < 4.78 is 5.25. The Hall–Kier alpha value is -0.340. The number of alkyl halides is 1. The highest BCUT2D eigenvalue weighted by molar-refractivity contribution is 9.09. The van der Waals surface area contributed by atoms with Crippen molar-refractivity contribution < 1.29 is 4.74 Å². The second-order valence-corrected chi connectivity index (χ2v) is 2.72. The first-order valence-corrected chi connectivity index (χ1v) is 4.55. The van der Waals surface area contributed by atoms with Crippen molar-refractivity contribution in [2.45, 2.75) is 0 Å². The highest BCUT2D eigenvalue weighted by atomic mass is 79.9. The fraction of sp³-hybridized carbons (Fsp3) is 0.333. The molecule has 0 amide bonds. The lowest BCUT2D eigenvalue weighted by atomic mass is 10.2. The molecule has 0 N–H and O–H groups in total. The normalized spacial score (nSPS) is 11.2. The standard InChI is InChI=1S/C9H13BrO/c1-3-5-9(4-2)8-11-7-6-10/h3-5H,1-2,6-8H2/b9-5+. The molecule has 0 saturated carbocycles. The molecule has 0 bridgehead atoms. The van der Waals surface area contributed by atoms with E-state index in [0.29, 0.717) is 6.61 Å². The predicted molar refractivity (Wildman–Crippen MR) is 53.1 cm³/mol. The molecule has 11 heavy (non-hydrogen) atoms. The first-order chi connectivity index (χ1) is 5.35. The second kappa shape index (κ2) is 7.76. The van der Waals surface area contributed by atoms with Gasteiger partial charge in [-0.2, -0.15) is 0 Å². The summed E-state index contributed by atoms with van der Waals surface area (Å²) in [4.78, 5) is 0. The minimum atomic E-state index is 0.612. The zero-order chi connectivity index (χ0) is 8.53. The predicted octanol–water partition coefficient (Wildman–Crippen LogP) is 2.70. The molecule has 0 aliphatic carbocycles. The van der Waals surface area contributed by atoms with Gasteiger partial charge in [-0.3, -0.25) is 0 Å².